The Bertz CT molecular complexity index is 1590. The molecular weight excluding hydrogens is 588 g/mol. The minimum atomic E-state index is -4.15. The molecule has 0 bridgehead atoms. The number of aromatic hydroxyl groups is 1. The quantitative estimate of drug-likeness (QED) is 0.190. The van der Waals surface area contributed by atoms with E-state index in [4.69, 9.17) is 19.6 Å². The predicted octanol–water partition coefficient (Wildman–Crippen LogP) is 3.37. The number of sulfonamides is 1. The number of hydrogen-bond acceptors (Lipinski definition) is 9. The van der Waals surface area contributed by atoms with Crippen molar-refractivity contribution in [3.8, 4) is 5.88 Å². The van der Waals surface area contributed by atoms with Crippen molar-refractivity contribution in [3.05, 3.63) is 59.7 Å². The zero-order valence-corrected chi connectivity index (χ0v) is 25.8. The molecule has 0 spiro atoms. The van der Waals surface area contributed by atoms with Crippen LogP contribution >= 0.6 is 0 Å². The summed E-state index contributed by atoms with van der Waals surface area (Å²) in [5.41, 5.74) is 1.64. The highest BCUT2D eigenvalue weighted by Gasteiger charge is 2.44. The summed E-state index contributed by atoms with van der Waals surface area (Å²) in [6.45, 7) is 5.83. The molecule has 2 aromatic carbocycles. The number of carbonyl (C=O) groups excluding carboxylic acids is 1. The predicted molar refractivity (Wildman–Crippen MR) is 163 cm³/mol. The van der Waals surface area contributed by atoms with Crippen molar-refractivity contribution in [2.24, 2.45) is 11.8 Å². The number of aromatic nitrogens is 1. The highest BCUT2D eigenvalue weighted by molar-refractivity contribution is 7.89. The summed E-state index contributed by atoms with van der Waals surface area (Å²) in [5, 5.41) is 33.0. The van der Waals surface area contributed by atoms with Crippen LogP contribution in [0.25, 0.3) is 10.9 Å². The lowest BCUT2D eigenvalue weighted by atomic mass is 10.0. The van der Waals surface area contributed by atoms with Crippen LogP contribution in [-0.4, -0.2) is 90.6 Å². The molecule has 0 saturated carbocycles. The van der Waals surface area contributed by atoms with Crippen molar-refractivity contribution >= 4 is 32.7 Å². The molecule has 1 aromatic heterocycles. The topological polar surface area (TPSA) is 174 Å². The summed E-state index contributed by atoms with van der Waals surface area (Å²) in [6.07, 6.45) is -1.93. The molecule has 44 heavy (non-hydrogen) atoms. The Morgan fingerprint density at radius 3 is 2.64 bits per heavy atom. The lowest BCUT2D eigenvalue weighted by Crippen LogP contribution is -2.51. The molecule has 2 fully saturated rings. The number of ether oxygens (including phenoxy) is 3. The van der Waals surface area contributed by atoms with Crippen LogP contribution in [0.4, 0.5) is 4.79 Å². The molecule has 12 nitrogen and oxygen atoms in total. The SMILES string of the molecule is CC(=N)c1c(O)[nH]c2ccc(S(=O)(=O)N(CC(C)C)C[C@@H](O)[C@H](Cc3ccccc3)NC(=O)O[C@H]3CO[C@H]4OCC[C@H]43)cc12. The van der Waals surface area contributed by atoms with Crippen LogP contribution < -0.4 is 5.32 Å². The molecule has 2 aliphatic heterocycles. The third-order valence-electron chi connectivity index (χ3n) is 8.03. The molecule has 0 radical (unpaired) electrons. The molecule has 0 unspecified atom stereocenters. The normalized spacial score (nSPS) is 21.5. The minimum Gasteiger partial charge on any atom is -0.494 e. The fourth-order valence-electron chi connectivity index (χ4n) is 5.88. The van der Waals surface area contributed by atoms with Gasteiger partial charge in [-0.3, -0.25) is 0 Å². The summed E-state index contributed by atoms with van der Waals surface area (Å²) < 4.78 is 46.0. The van der Waals surface area contributed by atoms with E-state index in [2.05, 4.69) is 10.3 Å². The summed E-state index contributed by atoms with van der Waals surface area (Å²) in [7, 11) is -4.15. The van der Waals surface area contributed by atoms with Crippen LogP contribution in [0.2, 0.25) is 0 Å². The first-order valence-corrected chi connectivity index (χ1v) is 16.2. The average molecular weight is 629 g/mol. The van der Waals surface area contributed by atoms with Gasteiger partial charge in [0.15, 0.2) is 12.2 Å². The number of aromatic amines is 1. The summed E-state index contributed by atoms with van der Waals surface area (Å²) in [4.78, 5) is 15.8. The van der Waals surface area contributed by atoms with Gasteiger partial charge in [0.1, 0.15) is 6.10 Å². The van der Waals surface area contributed by atoms with Crippen LogP contribution in [0.3, 0.4) is 0 Å². The first kappa shape index (κ1) is 31.9. The van der Waals surface area contributed by atoms with E-state index in [0.29, 0.717) is 17.5 Å². The number of alkyl carbamates (subject to hydrolysis) is 1. The molecule has 2 saturated heterocycles. The maximum Gasteiger partial charge on any atom is 0.407 e. The minimum absolute atomic E-state index is 0.0408. The van der Waals surface area contributed by atoms with E-state index in [1.54, 1.807) is 6.07 Å². The van der Waals surface area contributed by atoms with Gasteiger partial charge in [-0.05, 0) is 49.4 Å². The fourth-order valence-corrected chi connectivity index (χ4v) is 7.53. The Hall–Kier alpha value is -3.49. The number of rotatable bonds is 12. The molecule has 238 valence electrons. The Balaban J connectivity index is 1.38. The number of carbonyl (C=O) groups is 1. The van der Waals surface area contributed by atoms with E-state index >= 15 is 0 Å². The van der Waals surface area contributed by atoms with Crippen LogP contribution in [0.15, 0.2) is 53.4 Å². The molecule has 3 heterocycles. The molecule has 5 rings (SSSR count). The maximum atomic E-state index is 14.0. The van der Waals surface area contributed by atoms with E-state index in [1.165, 1.54) is 23.4 Å². The van der Waals surface area contributed by atoms with Crippen LogP contribution in [0.5, 0.6) is 5.88 Å². The van der Waals surface area contributed by atoms with Gasteiger partial charge < -0.3 is 40.1 Å². The molecule has 2 aliphatic rings. The van der Waals surface area contributed by atoms with Crippen molar-refractivity contribution in [1.82, 2.24) is 14.6 Å². The zero-order chi connectivity index (χ0) is 31.6. The smallest absolute Gasteiger partial charge is 0.407 e. The highest BCUT2D eigenvalue weighted by atomic mass is 32.2. The molecule has 0 aliphatic carbocycles. The second kappa shape index (κ2) is 13.2. The highest BCUT2D eigenvalue weighted by Crippen LogP contribution is 2.33. The number of nitrogens with one attached hydrogen (secondary N) is 3. The van der Waals surface area contributed by atoms with Gasteiger partial charge in [-0.25, -0.2) is 13.2 Å². The van der Waals surface area contributed by atoms with Gasteiger partial charge in [-0.2, -0.15) is 4.31 Å². The number of H-pyrrole nitrogens is 1. The Morgan fingerprint density at radius 1 is 1.18 bits per heavy atom. The van der Waals surface area contributed by atoms with Crippen molar-refractivity contribution < 1.29 is 37.6 Å². The van der Waals surface area contributed by atoms with E-state index in [9.17, 15) is 23.4 Å². The number of aliphatic hydroxyl groups excluding tert-OH is 1. The van der Waals surface area contributed by atoms with Crippen LogP contribution in [0, 0.1) is 17.2 Å². The van der Waals surface area contributed by atoms with E-state index in [0.717, 1.165) is 12.0 Å². The first-order chi connectivity index (χ1) is 20.9. The lowest BCUT2D eigenvalue weighted by Gasteiger charge is -2.31. The van der Waals surface area contributed by atoms with Gasteiger partial charge in [0.05, 0.1) is 41.7 Å². The largest absolute Gasteiger partial charge is 0.494 e. The van der Waals surface area contributed by atoms with Gasteiger partial charge >= 0.3 is 6.09 Å². The van der Waals surface area contributed by atoms with Crippen molar-refractivity contribution in [3.63, 3.8) is 0 Å². The summed E-state index contributed by atoms with van der Waals surface area (Å²) in [6, 6.07) is 12.8. The van der Waals surface area contributed by atoms with E-state index in [-0.39, 0.29) is 66.3 Å². The Kier molecular flexibility index (Phi) is 9.61. The fraction of sp³-hybridized carbons (Fsp3) is 0.484. The number of amides is 1. The summed E-state index contributed by atoms with van der Waals surface area (Å²) in [5.74, 6) is -0.342. The second-order valence-corrected chi connectivity index (χ2v) is 13.8. The monoisotopic (exact) mass is 628 g/mol. The van der Waals surface area contributed by atoms with Gasteiger partial charge in [0.25, 0.3) is 0 Å². The van der Waals surface area contributed by atoms with Gasteiger partial charge in [0.2, 0.25) is 10.0 Å². The van der Waals surface area contributed by atoms with Gasteiger partial charge in [-0.1, -0.05) is 44.2 Å². The third-order valence-corrected chi connectivity index (χ3v) is 9.86. The Morgan fingerprint density at radius 2 is 1.93 bits per heavy atom. The molecule has 1 amide bonds. The summed E-state index contributed by atoms with van der Waals surface area (Å²) >= 11 is 0. The Labute approximate surface area is 256 Å². The van der Waals surface area contributed by atoms with Gasteiger partial charge in [0, 0.05) is 29.7 Å². The molecule has 13 heteroatoms. The number of aliphatic hydroxyl groups is 1. The van der Waals surface area contributed by atoms with Crippen LogP contribution in [-0.2, 0) is 30.7 Å². The molecule has 3 aromatic rings. The van der Waals surface area contributed by atoms with E-state index < -0.39 is 34.4 Å². The maximum absolute atomic E-state index is 14.0. The van der Waals surface area contributed by atoms with Crippen molar-refractivity contribution in [1.29, 1.82) is 5.41 Å². The van der Waals surface area contributed by atoms with Gasteiger partial charge in [-0.15, -0.1) is 0 Å². The molecule has 5 N–H and O–H groups in total. The number of benzene rings is 2. The number of nitrogens with zero attached hydrogens (tertiary/aromatic N) is 1. The van der Waals surface area contributed by atoms with Crippen LogP contribution in [0.1, 0.15) is 38.3 Å². The first-order valence-electron chi connectivity index (χ1n) is 14.8. The number of hydrogen-bond donors (Lipinski definition) is 5. The van der Waals surface area contributed by atoms with E-state index in [1.807, 2.05) is 44.2 Å². The molecular formula is C31H40N4O8S. The van der Waals surface area contributed by atoms with Crippen molar-refractivity contribution in [2.75, 3.05) is 26.3 Å². The molecule has 5 atom stereocenters. The second-order valence-electron chi connectivity index (χ2n) is 11.9. The standard InChI is InChI=1S/C31H40N4O8S/c1-18(2)15-35(44(39,40)21-9-10-24-23(14-21)28(19(3)32)29(37)33-24)16-26(36)25(13-20-7-5-4-6-8-20)34-31(38)43-27-17-42-30-22(27)11-12-41-30/h4-10,14,18,22,25-27,30,32-33,36-37H,11-13,15-17H2,1-3H3,(H,34,38)/t22-,25-,26+,27-,30+/m0/s1. The average Bonchev–Trinajstić information content (AvgIpc) is 3.67. The lowest BCUT2D eigenvalue weighted by molar-refractivity contribution is -0.0907. The van der Waals surface area contributed by atoms with Crippen molar-refractivity contribution in [2.45, 2.75) is 63.0 Å². The zero-order valence-electron chi connectivity index (χ0n) is 25.0. The number of fused-ring (bicyclic) bond motifs is 2. The third kappa shape index (κ3) is 6.92.